The van der Waals surface area contributed by atoms with E-state index in [1.54, 1.807) is 6.07 Å². The highest BCUT2D eigenvalue weighted by Gasteiger charge is 2.73. The van der Waals surface area contributed by atoms with Crippen molar-refractivity contribution >= 4 is 11.8 Å². The number of carbonyl (C=O) groups is 2. The molecular formula is C26H31NO10. The van der Waals surface area contributed by atoms with E-state index in [0.29, 0.717) is 25.2 Å². The van der Waals surface area contributed by atoms with Crippen molar-refractivity contribution in [2.24, 2.45) is 5.92 Å². The fraction of sp³-hybridized carbons (Fsp3) is 0.692. The Kier molecular flexibility index (Phi) is 5.07. The zero-order valence-electron chi connectivity index (χ0n) is 20.2. The quantitative estimate of drug-likeness (QED) is 0.328. The lowest BCUT2D eigenvalue weighted by atomic mass is 9.49. The lowest BCUT2D eigenvalue weighted by Crippen LogP contribution is -2.76. The van der Waals surface area contributed by atoms with Crippen LogP contribution in [0.3, 0.4) is 0 Å². The van der Waals surface area contributed by atoms with E-state index in [9.17, 15) is 35.1 Å². The van der Waals surface area contributed by atoms with Gasteiger partial charge < -0.3 is 39.7 Å². The van der Waals surface area contributed by atoms with Gasteiger partial charge in [-0.05, 0) is 56.2 Å². The summed E-state index contributed by atoms with van der Waals surface area (Å²) in [5.41, 5.74) is -0.349. The number of hydrogen-bond donors (Lipinski definition) is 5. The van der Waals surface area contributed by atoms with Crippen molar-refractivity contribution in [3.63, 3.8) is 0 Å². The topological polar surface area (TPSA) is 166 Å². The van der Waals surface area contributed by atoms with Gasteiger partial charge in [0, 0.05) is 24.6 Å². The normalized spacial score (nSPS) is 44.2. The second-order valence-electron chi connectivity index (χ2n) is 11.5. The first-order valence-electron chi connectivity index (χ1n) is 13.1. The monoisotopic (exact) mass is 517 g/mol. The third-order valence-electron chi connectivity index (χ3n) is 9.60. The second kappa shape index (κ2) is 7.87. The molecule has 200 valence electrons. The molecule has 3 heterocycles. The highest BCUT2D eigenvalue weighted by atomic mass is 16.7. The molecule has 3 aliphatic heterocycles. The summed E-state index contributed by atoms with van der Waals surface area (Å²) in [6.07, 6.45) is -5.51. The number of piperidine rings is 1. The van der Waals surface area contributed by atoms with Crippen molar-refractivity contribution in [2.75, 3.05) is 13.1 Å². The van der Waals surface area contributed by atoms with Gasteiger partial charge in [0.15, 0.2) is 29.5 Å². The number of carboxylic acids is 1. The van der Waals surface area contributed by atoms with E-state index < -0.39 is 53.8 Å². The number of carbonyl (C=O) groups excluding carboxylic acids is 1. The van der Waals surface area contributed by atoms with Crippen molar-refractivity contribution in [3.8, 4) is 11.5 Å². The first kappa shape index (κ1) is 23.8. The maximum Gasteiger partial charge on any atom is 0.335 e. The molecule has 5 N–H and O–H groups in total. The number of carboxylic acid groups (broad SMARTS) is 1. The number of ether oxygens (including phenoxy) is 3. The molecule has 3 aliphatic carbocycles. The maximum absolute atomic E-state index is 13.2. The van der Waals surface area contributed by atoms with Crippen molar-refractivity contribution in [1.82, 2.24) is 4.90 Å². The van der Waals surface area contributed by atoms with Crippen LogP contribution in [0.1, 0.15) is 43.2 Å². The molecule has 11 nitrogen and oxygen atoms in total. The van der Waals surface area contributed by atoms with E-state index in [4.69, 9.17) is 14.2 Å². The van der Waals surface area contributed by atoms with Gasteiger partial charge in [0.25, 0.3) is 0 Å². The summed E-state index contributed by atoms with van der Waals surface area (Å²) in [6, 6.07) is 3.37. The van der Waals surface area contributed by atoms with Crippen LogP contribution in [0, 0.1) is 5.92 Å². The zero-order chi connectivity index (χ0) is 25.9. The van der Waals surface area contributed by atoms with E-state index in [2.05, 4.69) is 4.90 Å². The lowest BCUT2D eigenvalue weighted by molar-refractivity contribution is -0.271. The average Bonchev–Trinajstić information content (AvgIpc) is 3.61. The fourth-order valence-electron chi connectivity index (χ4n) is 7.62. The number of nitrogens with zero attached hydrogens (tertiary/aromatic N) is 1. The largest absolute Gasteiger partial charge is 0.479 e. The summed E-state index contributed by atoms with van der Waals surface area (Å²) in [6.45, 7) is 1.69. The Morgan fingerprint density at radius 3 is 2.65 bits per heavy atom. The molecule has 2 saturated carbocycles. The number of aliphatic hydroxyl groups is 4. The van der Waals surface area contributed by atoms with Gasteiger partial charge in [0.2, 0.25) is 6.29 Å². The summed E-state index contributed by atoms with van der Waals surface area (Å²) in [5.74, 6) is -0.520. The van der Waals surface area contributed by atoms with Crippen LogP contribution in [0.2, 0.25) is 0 Å². The van der Waals surface area contributed by atoms with Crippen LogP contribution in [0.25, 0.3) is 0 Å². The molecule has 0 unspecified atom stereocenters. The van der Waals surface area contributed by atoms with Crippen molar-refractivity contribution in [3.05, 3.63) is 23.3 Å². The van der Waals surface area contributed by atoms with Crippen molar-refractivity contribution in [1.29, 1.82) is 0 Å². The van der Waals surface area contributed by atoms with Gasteiger partial charge >= 0.3 is 5.97 Å². The number of hydrogen-bond acceptors (Lipinski definition) is 10. The Morgan fingerprint density at radius 1 is 1.14 bits per heavy atom. The van der Waals surface area contributed by atoms with Gasteiger partial charge in [-0.1, -0.05) is 6.07 Å². The standard InChI is InChI=1S/C26H31NO10/c28-13-5-6-26(34)15-9-12-3-4-14(35-24-19(31)17(29)18(30)21(37-24)23(32)33)20-16(12)25(26,22(13)36-20)7-8-27(15)10-11-1-2-11/h3-4,11,15,17-19,21-22,24,29-31,34H,1-2,5-10H2,(H,32,33)/t15-,17+,18+,19+,21+,22+,24-,25+,26-/m1/s1. The Bertz CT molecular complexity index is 1170. The molecule has 6 aliphatic rings. The summed E-state index contributed by atoms with van der Waals surface area (Å²) in [5, 5.41) is 52.4. The number of ketones is 1. The minimum atomic E-state index is -1.84. The highest BCUT2D eigenvalue weighted by Crippen LogP contribution is 2.65. The minimum absolute atomic E-state index is 0.0764. The van der Waals surface area contributed by atoms with Crippen LogP contribution in [-0.2, 0) is 26.2 Å². The first-order chi connectivity index (χ1) is 17.7. The van der Waals surface area contributed by atoms with E-state index in [1.165, 1.54) is 12.8 Å². The third kappa shape index (κ3) is 3.09. The van der Waals surface area contributed by atoms with Gasteiger partial charge in [-0.25, -0.2) is 4.79 Å². The molecule has 2 saturated heterocycles. The molecule has 11 heteroatoms. The van der Waals surface area contributed by atoms with Crippen LogP contribution in [0.15, 0.2) is 12.1 Å². The summed E-state index contributed by atoms with van der Waals surface area (Å²) >= 11 is 0. The third-order valence-corrected chi connectivity index (χ3v) is 9.60. The molecule has 2 bridgehead atoms. The molecule has 37 heavy (non-hydrogen) atoms. The van der Waals surface area contributed by atoms with Crippen molar-refractivity contribution in [2.45, 2.75) is 92.4 Å². The molecule has 7 rings (SSSR count). The summed E-state index contributed by atoms with van der Waals surface area (Å²) in [4.78, 5) is 27.1. The predicted molar refractivity (Wildman–Crippen MR) is 123 cm³/mol. The molecular weight excluding hydrogens is 486 g/mol. The SMILES string of the molecule is O=C(O)[C@H]1O[C@@H](Oc2ccc3c4c2O[C@H]2C(=O)CC[C@@]5(O)[C@@H](C3)N(CC3CC3)CC[C@]425)[C@@H](O)[C@@H](O)[C@@H]1O. The molecule has 1 aromatic rings. The number of likely N-dealkylation sites (tertiary alicyclic amines) is 1. The predicted octanol–water partition coefficient (Wildman–Crippen LogP) is -0.909. The van der Waals surface area contributed by atoms with E-state index in [-0.39, 0.29) is 29.7 Å². The Hall–Kier alpha value is -2.28. The van der Waals surface area contributed by atoms with Crippen LogP contribution in [0.4, 0.5) is 0 Å². The maximum atomic E-state index is 13.2. The number of rotatable bonds is 5. The number of benzene rings is 1. The second-order valence-corrected chi connectivity index (χ2v) is 11.5. The molecule has 0 radical (unpaired) electrons. The van der Waals surface area contributed by atoms with E-state index in [0.717, 1.165) is 24.2 Å². The Labute approximate surface area is 212 Å². The zero-order valence-corrected chi connectivity index (χ0v) is 20.2. The van der Waals surface area contributed by atoms with Gasteiger partial charge in [-0.3, -0.25) is 9.69 Å². The fourth-order valence-corrected chi connectivity index (χ4v) is 7.62. The average molecular weight is 518 g/mol. The Balaban J connectivity index is 1.29. The van der Waals surface area contributed by atoms with Crippen LogP contribution in [0.5, 0.6) is 11.5 Å². The van der Waals surface area contributed by atoms with Gasteiger partial charge in [-0.15, -0.1) is 0 Å². The molecule has 0 aromatic heterocycles. The first-order valence-corrected chi connectivity index (χ1v) is 13.1. The van der Waals surface area contributed by atoms with Gasteiger partial charge in [0.1, 0.15) is 18.3 Å². The Morgan fingerprint density at radius 2 is 1.92 bits per heavy atom. The van der Waals surface area contributed by atoms with Gasteiger partial charge in [-0.2, -0.15) is 0 Å². The molecule has 1 spiro atoms. The number of aliphatic carboxylic acids is 1. The highest BCUT2D eigenvalue weighted by molar-refractivity contribution is 5.90. The minimum Gasteiger partial charge on any atom is -0.479 e. The molecule has 1 aromatic carbocycles. The van der Waals surface area contributed by atoms with Crippen LogP contribution >= 0.6 is 0 Å². The van der Waals surface area contributed by atoms with E-state index >= 15 is 0 Å². The van der Waals surface area contributed by atoms with Crippen LogP contribution in [-0.4, -0.2) is 104 Å². The molecule has 9 atom stereocenters. The van der Waals surface area contributed by atoms with Crippen LogP contribution < -0.4 is 9.47 Å². The van der Waals surface area contributed by atoms with Gasteiger partial charge in [0.05, 0.1) is 11.0 Å². The smallest absolute Gasteiger partial charge is 0.335 e. The lowest BCUT2D eigenvalue weighted by Gasteiger charge is -2.62. The molecule has 0 amide bonds. The molecule has 4 fully saturated rings. The summed E-state index contributed by atoms with van der Waals surface area (Å²) in [7, 11) is 0. The number of aliphatic hydroxyl groups excluding tert-OH is 3. The van der Waals surface area contributed by atoms with E-state index in [1.807, 2.05) is 6.07 Å². The number of Topliss-reactive ketones (excluding diaryl/α,β-unsaturated/α-hetero) is 1. The van der Waals surface area contributed by atoms with Crippen molar-refractivity contribution < 1.29 is 49.3 Å². The summed E-state index contributed by atoms with van der Waals surface area (Å²) < 4.78 is 17.5.